The van der Waals surface area contributed by atoms with E-state index in [1.807, 2.05) is 6.92 Å². The molecule has 3 rings (SSSR count). The first-order valence-electron chi connectivity index (χ1n) is 9.08. The van der Waals surface area contributed by atoms with Gasteiger partial charge in [0.15, 0.2) is 0 Å². The lowest BCUT2D eigenvalue weighted by atomic mass is 9.91. The molecule has 3 amide bonds. The number of fused-ring (bicyclic) bond motifs is 1. The van der Waals surface area contributed by atoms with E-state index >= 15 is 0 Å². The molecule has 25 heavy (non-hydrogen) atoms. The second kappa shape index (κ2) is 7.35. The summed E-state index contributed by atoms with van der Waals surface area (Å²) in [7, 11) is 0. The second-order valence-electron chi connectivity index (χ2n) is 6.96. The number of amides is 3. The van der Waals surface area contributed by atoms with E-state index < -0.39 is 0 Å². The van der Waals surface area contributed by atoms with Crippen molar-refractivity contribution in [1.29, 1.82) is 0 Å². The van der Waals surface area contributed by atoms with E-state index in [0.29, 0.717) is 23.2 Å². The second-order valence-corrected chi connectivity index (χ2v) is 6.96. The third-order valence-electron chi connectivity index (χ3n) is 5.08. The molecule has 1 heterocycles. The molecule has 3 N–H and O–H groups in total. The molecule has 0 unspecified atom stereocenters. The third-order valence-corrected chi connectivity index (χ3v) is 5.08. The molecule has 0 bridgehead atoms. The van der Waals surface area contributed by atoms with Gasteiger partial charge in [0.2, 0.25) is 0 Å². The van der Waals surface area contributed by atoms with Crippen molar-refractivity contribution >= 4 is 17.7 Å². The Hall–Kier alpha value is -2.21. The summed E-state index contributed by atoms with van der Waals surface area (Å²) < 4.78 is 0. The smallest absolute Gasteiger partial charge is 0.261 e. The van der Waals surface area contributed by atoms with Crippen LogP contribution in [0.3, 0.4) is 0 Å². The SMILES string of the molecule is CCCCN1C(=O)c2ccc(C(=O)NC3CCC(N)CC3)cc2C1=O. The monoisotopic (exact) mass is 343 g/mol. The van der Waals surface area contributed by atoms with Crippen LogP contribution >= 0.6 is 0 Å². The van der Waals surface area contributed by atoms with E-state index in [4.69, 9.17) is 5.73 Å². The van der Waals surface area contributed by atoms with Crippen molar-refractivity contribution in [2.24, 2.45) is 5.73 Å². The van der Waals surface area contributed by atoms with Crippen molar-refractivity contribution in [2.75, 3.05) is 6.54 Å². The molecule has 1 aromatic carbocycles. The van der Waals surface area contributed by atoms with Crippen molar-refractivity contribution in [3.63, 3.8) is 0 Å². The number of nitrogens with two attached hydrogens (primary N) is 1. The van der Waals surface area contributed by atoms with Crippen LogP contribution in [0.25, 0.3) is 0 Å². The average molecular weight is 343 g/mol. The molecule has 0 spiro atoms. The van der Waals surface area contributed by atoms with Gasteiger partial charge in [0.25, 0.3) is 17.7 Å². The van der Waals surface area contributed by atoms with Crippen LogP contribution in [0.2, 0.25) is 0 Å². The largest absolute Gasteiger partial charge is 0.349 e. The summed E-state index contributed by atoms with van der Waals surface area (Å²) >= 11 is 0. The van der Waals surface area contributed by atoms with Crippen LogP contribution < -0.4 is 11.1 Å². The zero-order valence-electron chi connectivity index (χ0n) is 14.6. The molecule has 1 aromatic rings. The predicted octanol–water partition coefficient (Wildman–Crippen LogP) is 2.08. The Balaban J connectivity index is 1.72. The normalized spacial score (nSPS) is 22.9. The molecule has 6 nitrogen and oxygen atoms in total. The van der Waals surface area contributed by atoms with Crippen LogP contribution in [-0.2, 0) is 0 Å². The van der Waals surface area contributed by atoms with Crippen molar-refractivity contribution in [3.8, 4) is 0 Å². The van der Waals surface area contributed by atoms with Gasteiger partial charge in [-0.1, -0.05) is 13.3 Å². The first-order chi connectivity index (χ1) is 12.0. The minimum Gasteiger partial charge on any atom is -0.349 e. The first kappa shape index (κ1) is 17.6. The van der Waals surface area contributed by atoms with E-state index in [1.54, 1.807) is 18.2 Å². The third kappa shape index (κ3) is 3.58. The number of nitrogens with one attached hydrogen (secondary N) is 1. The van der Waals surface area contributed by atoms with E-state index in [-0.39, 0.29) is 29.8 Å². The number of unbranched alkanes of at least 4 members (excludes halogenated alkanes) is 1. The quantitative estimate of drug-likeness (QED) is 0.801. The standard InChI is InChI=1S/C19H25N3O3/c1-2-3-10-22-18(24)15-9-4-12(11-16(15)19(22)25)17(23)21-14-7-5-13(20)6-8-14/h4,9,11,13-14H,2-3,5-8,10,20H2,1H3,(H,21,23). The van der Waals surface area contributed by atoms with E-state index in [0.717, 1.165) is 38.5 Å². The summed E-state index contributed by atoms with van der Waals surface area (Å²) in [5.41, 5.74) is 7.04. The van der Waals surface area contributed by atoms with Crippen molar-refractivity contribution < 1.29 is 14.4 Å². The number of nitrogens with zero attached hydrogens (tertiary/aromatic N) is 1. The summed E-state index contributed by atoms with van der Waals surface area (Å²) in [4.78, 5) is 38.6. The van der Waals surface area contributed by atoms with Crippen molar-refractivity contribution in [1.82, 2.24) is 10.2 Å². The molecule has 1 aliphatic heterocycles. The van der Waals surface area contributed by atoms with E-state index in [2.05, 4.69) is 5.32 Å². The molecule has 0 radical (unpaired) electrons. The number of benzene rings is 1. The van der Waals surface area contributed by atoms with E-state index in [1.165, 1.54) is 4.90 Å². The van der Waals surface area contributed by atoms with Gasteiger partial charge < -0.3 is 11.1 Å². The fraction of sp³-hybridized carbons (Fsp3) is 0.526. The Kier molecular flexibility index (Phi) is 5.18. The van der Waals surface area contributed by atoms with Gasteiger partial charge in [0.05, 0.1) is 11.1 Å². The highest BCUT2D eigenvalue weighted by Crippen LogP contribution is 2.25. The molecular weight excluding hydrogens is 318 g/mol. The van der Waals surface area contributed by atoms with Gasteiger partial charge in [-0.05, 0) is 50.3 Å². The van der Waals surface area contributed by atoms with Crippen LogP contribution in [-0.4, -0.2) is 41.2 Å². The van der Waals surface area contributed by atoms with Gasteiger partial charge in [-0.2, -0.15) is 0 Å². The maximum absolute atomic E-state index is 12.5. The van der Waals surface area contributed by atoms with E-state index in [9.17, 15) is 14.4 Å². The van der Waals surface area contributed by atoms with Crippen molar-refractivity contribution in [2.45, 2.75) is 57.5 Å². The van der Waals surface area contributed by atoms with Gasteiger partial charge in [-0.15, -0.1) is 0 Å². The minimum atomic E-state index is -0.299. The Labute approximate surface area is 147 Å². The summed E-state index contributed by atoms with van der Waals surface area (Å²) in [5, 5.41) is 3.01. The lowest BCUT2D eigenvalue weighted by Crippen LogP contribution is -2.40. The zero-order valence-corrected chi connectivity index (χ0v) is 14.6. The maximum atomic E-state index is 12.5. The van der Waals surface area contributed by atoms with Crippen LogP contribution in [0, 0.1) is 0 Å². The number of hydrogen-bond donors (Lipinski definition) is 2. The van der Waals surface area contributed by atoms with Gasteiger partial charge >= 0.3 is 0 Å². The summed E-state index contributed by atoms with van der Waals surface area (Å²) in [6, 6.07) is 5.11. The summed E-state index contributed by atoms with van der Waals surface area (Å²) in [6.07, 6.45) is 5.26. The van der Waals surface area contributed by atoms with Gasteiger partial charge in [0, 0.05) is 24.2 Å². The molecule has 1 fully saturated rings. The topological polar surface area (TPSA) is 92.5 Å². The number of hydrogen-bond acceptors (Lipinski definition) is 4. The Bertz CT molecular complexity index is 693. The van der Waals surface area contributed by atoms with Crippen molar-refractivity contribution in [3.05, 3.63) is 34.9 Å². The van der Waals surface area contributed by atoms with Crippen LogP contribution in [0.1, 0.15) is 76.5 Å². The Morgan fingerprint density at radius 2 is 1.84 bits per heavy atom. The molecule has 2 aliphatic rings. The number of imide groups is 1. The summed E-state index contributed by atoms with van der Waals surface area (Å²) in [5.74, 6) is -0.760. The van der Waals surface area contributed by atoms with Crippen LogP contribution in [0.4, 0.5) is 0 Å². The molecule has 1 saturated carbocycles. The fourth-order valence-electron chi connectivity index (χ4n) is 3.48. The lowest BCUT2D eigenvalue weighted by molar-refractivity contribution is 0.0652. The predicted molar refractivity (Wildman–Crippen MR) is 94.4 cm³/mol. The van der Waals surface area contributed by atoms with Crippen LogP contribution in [0.5, 0.6) is 0 Å². The fourth-order valence-corrected chi connectivity index (χ4v) is 3.48. The Morgan fingerprint density at radius 1 is 1.16 bits per heavy atom. The highest BCUT2D eigenvalue weighted by molar-refractivity contribution is 6.22. The van der Waals surface area contributed by atoms with Gasteiger partial charge in [-0.3, -0.25) is 19.3 Å². The maximum Gasteiger partial charge on any atom is 0.261 e. The van der Waals surface area contributed by atoms with Gasteiger partial charge in [-0.25, -0.2) is 0 Å². The molecule has 134 valence electrons. The molecule has 1 aliphatic carbocycles. The average Bonchev–Trinajstić information content (AvgIpc) is 2.85. The zero-order chi connectivity index (χ0) is 18.0. The Morgan fingerprint density at radius 3 is 2.52 bits per heavy atom. The molecule has 0 aromatic heterocycles. The van der Waals surface area contributed by atoms with Gasteiger partial charge in [0.1, 0.15) is 0 Å². The number of carbonyl (C=O) groups is 3. The van der Waals surface area contributed by atoms with Crippen LogP contribution in [0.15, 0.2) is 18.2 Å². The lowest BCUT2D eigenvalue weighted by Gasteiger charge is -2.26. The first-order valence-corrected chi connectivity index (χ1v) is 9.08. The highest BCUT2D eigenvalue weighted by atomic mass is 16.2. The number of carbonyl (C=O) groups excluding carboxylic acids is 3. The molecule has 6 heteroatoms. The molecule has 0 saturated heterocycles. The summed E-state index contributed by atoms with van der Waals surface area (Å²) in [6.45, 7) is 2.44. The number of rotatable bonds is 5. The molecule has 0 atom stereocenters. The minimum absolute atomic E-state index is 0.124. The molecular formula is C19H25N3O3. The highest BCUT2D eigenvalue weighted by Gasteiger charge is 2.35.